The molecule has 4 heteroatoms. The fourth-order valence-electron chi connectivity index (χ4n) is 2.29. The van der Waals surface area contributed by atoms with E-state index in [0.29, 0.717) is 25.6 Å². The normalized spacial score (nSPS) is 19.2. The molecule has 0 aliphatic heterocycles. The summed E-state index contributed by atoms with van der Waals surface area (Å²) < 4.78 is 10.3. The van der Waals surface area contributed by atoms with Crippen molar-refractivity contribution in [1.82, 2.24) is 5.32 Å². The quantitative estimate of drug-likeness (QED) is 0.638. The summed E-state index contributed by atoms with van der Waals surface area (Å²) in [6.07, 6.45) is 2.76. The Morgan fingerprint density at radius 3 is 2.56 bits per heavy atom. The number of carbonyl (C=O) groups is 1. The van der Waals surface area contributed by atoms with Crippen LogP contribution in [0.15, 0.2) is 0 Å². The largest absolute Gasteiger partial charge is 0.466 e. The van der Waals surface area contributed by atoms with Gasteiger partial charge in [0.1, 0.15) is 0 Å². The Morgan fingerprint density at radius 1 is 1.44 bits per heavy atom. The molecule has 4 nitrogen and oxygen atoms in total. The van der Waals surface area contributed by atoms with E-state index in [-0.39, 0.29) is 11.5 Å². The Hall–Kier alpha value is -0.610. The lowest BCUT2D eigenvalue weighted by atomic mass is 9.90. The summed E-state index contributed by atoms with van der Waals surface area (Å²) in [5.74, 6) is 0.421. The molecule has 1 saturated carbocycles. The van der Waals surface area contributed by atoms with Crippen LogP contribution in [0.4, 0.5) is 0 Å². The van der Waals surface area contributed by atoms with Crippen LogP contribution in [0, 0.1) is 5.92 Å². The molecule has 0 aromatic carbocycles. The molecule has 1 fully saturated rings. The van der Waals surface area contributed by atoms with Crippen LogP contribution in [0.25, 0.3) is 0 Å². The molecule has 16 heavy (non-hydrogen) atoms. The number of ether oxygens (including phenoxy) is 2. The summed E-state index contributed by atoms with van der Waals surface area (Å²) in [4.78, 5) is 11.6. The molecule has 1 aliphatic carbocycles. The number of hydrogen-bond donors (Lipinski definition) is 1. The predicted molar refractivity (Wildman–Crippen MR) is 62.3 cm³/mol. The number of methoxy groups -OCH3 is 1. The number of nitrogens with one attached hydrogen (secondary N) is 1. The minimum absolute atomic E-state index is 0.132. The van der Waals surface area contributed by atoms with E-state index in [1.54, 1.807) is 7.11 Å². The van der Waals surface area contributed by atoms with Gasteiger partial charge in [-0.25, -0.2) is 0 Å². The molecule has 94 valence electrons. The summed E-state index contributed by atoms with van der Waals surface area (Å²) in [7, 11) is 1.68. The molecule has 1 N–H and O–H groups in total. The first-order valence-corrected chi connectivity index (χ1v) is 6.08. The van der Waals surface area contributed by atoms with Gasteiger partial charge in [-0.2, -0.15) is 0 Å². The van der Waals surface area contributed by atoms with E-state index in [2.05, 4.69) is 12.2 Å². The zero-order valence-electron chi connectivity index (χ0n) is 10.5. The highest BCUT2D eigenvalue weighted by molar-refractivity contribution is 5.71. The Morgan fingerprint density at radius 2 is 2.12 bits per heavy atom. The molecule has 0 heterocycles. The zero-order valence-corrected chi connectivity index (χ0v) is 10.5. The van der Waals surface area contributed by atoms with Crippen LogP contribution in [0.5, 0.6) is 0 Å². The number of rotatable bonds is 8. The highest BCUT2D eigenvalue weighted by Gasteiger charge is 2.46. The van der Waals surface area contributed by atoms with Gasteiger partial charge in [0.05, 0.1) is 25.2 Å². The molecule has 1 unspecified atom stereocenters. The van der Waals surface area contributed by atoms with Crippen molar-refractivity contribution in [3.63, 3.8) is 0 Å². The zero-order chi connectivity index (χ0) is 12.0. The molecule has 1 aliphatic rings. The fourth-order valence-corrected chi connectivity index (χ4v) is 2.29. The maximum atomic E-state index is 11.6. The van der Waals surface area contributed by atoms with Gasteiger partial charge in [-0.1, -0.05) is 6.92 Å². The molecule has 0 radical (unpaired) electrons. The second-order valence-electron chi connectivity index (χ2n) is 4.38. The first-order chi connectivity index (χ1) is 7.68. The van der Waals surface area contributed by atoms with Crippen molar-refractivity contribution in [3.05, 3.63) is 0 Å². The van der Waals surface area contributed by atoms with Crippen molar-refractivity contribution in [3.8, 4) is 0 Å². The van der Waals surface area contributed by atoms with Gasteiger partial charge in [0, 0.05) is 7.11 Å². The van der Waals surface area contributed by atoms with Gasteiger partial charge in [0.25, 0.3) is 0 Å². The molecule has 0 aromatic rings. The summed E-state index contributed by atoms with van der Waals surface area (Å²) >= 11 is 0. The van der Waals surface area contributed by atoms with Crippen LogP contribution in [0.2, 0.25) is 0 Å². The molecule has 0 spiro atoms. The molecular formula is C12H23NO3. The maximum Gasteiger partial charge on any atom is 0.307 e. The molecule has 0 saturated heterocycles. The van der Waals surface area contributed by atoms with Gasteiger partial charge in [-0.15, -0.1) is 0 Å². The van der Waals surface area contributed by atoms with Crippen molar-refractivity contribution in [1.29, 1.82) is 0 Å². The van der Waals surface area contributed by atoms with Crippen LogP contribution >= 0.6 is 0 Å². The van der Waals surface area contributed by atoms with E-state index in [4.69, 9.17) is 9.47 Å². The minimum Gasteiger partial charge on any atom is -0.466 e. The van der Waals surface area contributed by atoms with E-state index >= 15 is 0 Å². The summed E-state index contributed by atoms with van der Waals surface area (Å²) in [5, 5.41) is 3.42. The van der Waals surface area contributed by atoms with E-state index in [9.17, 15) is 4.79 Å². The van der Waals surface area contributed by atoms with Crippen LogP contribution in [-0.4, -0.2) is 38.4 Å². The predicted octanol–water partition coefficient (Wildman–Crippen LogP) is 1.34. The molecular weight excluding hydrogens is 206 g/mol. The first kappa shape index (κ1) is 13.5. The maximum absolute atomic E-state index is 11.6. The van der Waals surface area contributed by atoms with Gasteiger partial charge in [0.2, 0.25) is 0 Å². The van der Waals surface area contributed by atoms with E-state index < -0.39 is 0 Å². The van der Waals surface area contributed by atoms with Gasteiger partial charge >= 0.3 is 5.97 Å². The fraction of sp³-hybridized carbons (Fsp3) is 0.917. The standard InChI is InChI=1S/C12H23NO3/c1-4-13-12(9-15-3,10-6-7-10)8-11(14)16-5-2/h10,13H,4-9H2,1-3H3. The van der Waals surface area contributed by atoms with Crippen molar-refractivity contribution in [2.24, 2.45) is 5.92 Å². The number of hydrogen-bond acceptors (Lipinski definition) is 4. The van der Waals surface area contributed by atoms with Crippen LogP contribution in [-0.2, 0) is 14.3 Å². The van der Waals surface area contributed by atoms with Crippen molar-refractivity contribution >= 4 is 5.97 Å². The molecule has 0 amide bonds. The smallest absolute Gasteiger partial charge is 0.307 e. The lowest BCUT2D eigenvalue weighted by molar-refractivity contribution is -0.146. The van der Waals surface area contributed by atoms with Gasteiger partial charge in [0.15, 0.2) is 0 Å². The minimum atomic E-state index is -0.213. The third-order valence-corrected chi connectivity index (χ3v) is 3.05. The Bertz CT molecular complexity index is 220. The molecule has 1 rings (SSSR count). The number of esters is 1. The average Bonchev–Trinajstić information content (AvgIpc) is 3.01. The highest BCUT2D eigenvalue weighted by Crippen LogP contribution is 2.42. The Balaban J connectivity index is 2.63. The first-order valence-electron chi connectivity index (χ1n) is 6.08. The van der Waals surface area contributed by atoms with E-state index in [1.165, 1.54) is 12.8 Å². The summed E-state index contributed by atoms with van der Waals surface area (Å²) in [6, 6.07) is 0. The van der Waals surface area contributed by atoms with Gasteiger partial charge in [-0.05, 0) is 32.2 Å². The van der Waals surface area contributed by atoms with Crippen molar-refractivity contribution in [2.45, 2.75) is 38.6 Å². The van der Waals surface area contributed by atoms with Gasteiger partial charge in [-0.3, -0.25) is 4.79 Å². The average molecular weight is 229 g/mol. The van der Waals surface area contributed by atoms with Crippen molar-refractivity contribution < 1.29 is 14.3 Å². The summed E-state index contributed by atoms with van der Waals surface area (Å²) in [5.41, 5.74) is -0.213. The lowest BCUT2D eigenvalue weighted by Gasteiger charge is -2.33. The van der Waals surface area contributed by atoms with E-state index in [0.717, 1.165) is 6.54 Å². The third-order valence-electron chi connectivity index (χ3n) is 3.05. The van der Waals surface area contributed by atoms with Crippen LogP contribution in [0.3, 0.4) is 0 Å². The van der Waals surface area contributed by atoms with Crippen molar-refractivity contribution in [2.75, 3.05) is 26.9 Å². The number of likely N-dealkylation sites (N-methyl/N-ethyl adjacent to an activating group) is 1. The topological polar surface area (TPSA) is 47.6 Å². The molecule has 1 atom stereocenters. The second-order valence-corrected chi connectivity index (χ2v) is 4.38. The van der Waals surface area contributed by atoms with Gasteiger partial charge < -0.3 is 14.8 Å². The molecule has 0 bridgehead atoms. The SMILES string of the molecule is CCNC(COC)(CC(=O)OCC)C1CC1. The molecule has 0 aromatic heterocycles. The highest BCUT2D eigenvalue weighted by atomic mass is 16.5. The van der Waals surface area contributed by atoms with Crippen LogP contribution in [0.1, 0.15) is 33.1 Å². The lowest BCUT2D eigenvalue weighted by Crippen LogP contribution is -2.52. The van der Waals surface area contributed by atoms with Crippen LogP contribution < -0.4 is 5.32 Å². The van der Waals surface area contributed by atoms with E-state index in [1.807, 2.05) is 6.92 Å². The Kier molecular flexibility index (Phi) is 5.22. The monoisotopic (exact) mass is 229 g/mol. The Labute approximate surface area is 97.7 Å². The third kappa shape index (κ3) is 3.46. The second kappa shape index (κ2) is 6.21. The summed E-state index contributed by atoms with van der Waals surface area (Å²) in [6.45, 7) is 5.75. The number of carbonyl (C=O) groups excluding carboxylic acids is 1.